The van der Waals surface area contributed by atoms with Crippen molar-refractivity contribution >= 4 is 28.0 Å². The zero-order valence-corrected chi connectivity index (χ0v) is 27.7. The van der Waals surface area contributed by atoms with Crippen LogP contribution >= 0.6 is 0 Å². The molecule has 0 spiro atoms. The summed E-state index contributed by atoms with van der Waals surface area (Å²) in [6.45, 7) is 15.4. The molecule has 2 aromatic carbocycles. The first-order valence-electron chi connectivity index (χ1n) is 15.5. The highest BCUT2D eigenvalue weighted by Crippen LogP contribution is 2.38. The van der Waals surface area contributed by atoms with Gasteiger partial charge in [-0.15, -0.1) is 0 Å². The van der Waals surface area contributed by atoms with Crippen LogP contribution in [0.25, 0.3) is 44.2 Å². The van der Waals surface area contributed by atoms with Gasteiger partial charge < -0.3 is 14.2 Å². The smallest absolute Gasteiger partial charge is 0.410 e. The molecule has 3 aromatic heterocycles. The molecule has 0 radical (unpaired) electrons. The van der Waals surface area contributed by atoms with Gasteiger partial charge in [-0.1, -0.05) is 52.0 Å². The summed E-state index contributed by atoms with van der Waals surface area (Å²) in [5, 5.41) is 15.9. The van der Waals surface area contributed by atoms with Gasteiger partial charge in [0.15, 0.2) is 0 Å². The van der Waals surface area contributed by atoms with Gasteiger partial charge in [0.2, 0.25) is 0 Å². The Morgan fingerprint density at radius 2 is 1.57 bits per heavy atom. The van der Waals surface area contributed by atoms with Crippen LogP contribution in [0.2, 0.25) is 0 Å². The molecule has 1 aliphatic rings. The molecule has 0 atom stereocenters. The summed E-state index contributed by atoms with van der Waals surface area (Å²) >= 11 is 0. The van der Waals surface area contributed by atoms with Crippen molar-refractivity contribution in [2.75, 3.05) is 13.1 Å². The number of carbonyl (C=O) groups is 1. The summed E-state index contributed by atoms with van der Waals surface area (Å²) in [5.74, 6) is 0. The monoisotopic (exact) mass is 594 g/mol. The van der Waals surface area contributed by atoms with E-state index in [1.54, 1.807) is 4.90 Å². The molecule has 0 unspecified atom stereocenters. The zero-order valence-electron chi connectivity index (χ0n) is 27.7. The molecule has 0 saturated carbocycles. The van der Waals surface area contributed by atoms with E-state index in [4.69, 9.17) is 15.0 Å². The van der Waals surface area contributed by atoms with E-state index >= 15 is 0 Å². The van der Waals surface area contributed by atoms with Gasteiger partial charge in [0.05, 0.1) is 17.1 Å². The topological polar surface area (TPSA) is 89.0 Å². The lowest BCUT2D eigenvalue weighted by Gasteiger charge is -2.23. The zero-order chi connectivity index (χ0) is 32.4. The fourth-order valence-corrected chi connectivity index (χ4v) is 4.99. The lowest BCUT2D eigenvalue weighted by Crippen LogP contribution is -2.34. The van der Waals surface area contributed by atoms with Crippen molar-refractivity contribution in [3.05, 3.63) is 72.7 Å². The van der Waals surface area contributed by atoms with E-state index in [2.05, 4.69) is 35.4 Å². The summed E-state index contributed by atoms with van der Waals surface area (Å²) in [6, 6.07) is 18.3. The van der Waals surface area contributed by atoms with Gasteiger partial charge in [0.25, 0.3) is 0 Å². The van der Waals surface area contributed by atoms with Crippen molar-refractivity contribution in [1.82, 2.24) is 24.2 Å². The number of likely N-dealkylation sites (tertiary alicyclic amines) is 1. The second-order valence-corrected chi connectivity index (χ2v) is 11.2. The highest BCUT2D eigenvalue weighted by atomic mass is 16.6. The lowest BCUT2D eigenvalue weighted by molar-refractivity contribution is 0.0295. The van der Waals surface area contributed by atoms with Gasteiger partial charge in [-0.3, -0.25) is 4.68 Å². The Morgan fingerprint density at radius 3 is 2.18 bits per heavy atom. The number of aromatic nitrogens is 4. The molecule has 5 aromatic rings. The van der Waals surface area contributed by atoms with Crippen LogP contribution in [0.1, 0.15) is 66.9 Å². The molecule has 0 bridgehead atoms. The molecule has 4 heterocycles. The maximum atomic E-state index is 11.4. The van der Waals surface area contributed by atoms with Crippen LogP contribution in [-0.2, 0) is 18.8 Å². The number of fused-ring (bicyclic) bond motifs is 2. The number of nitrogens with zero attached hydrogens (tertiary/aromatic N) is 6. The first-order valence-corrected chi connectivity index (χ1v) is 15.5. The first kappa shape index (κ1) is 33.9. The Hall–Kier alpha value is -4.64. The lowest BCUT2D eigenvalue weighted by atomic mass is 9.93. The second-order valence-electron chi connectivity index (χ2n) is 11.2. The number of hydrogen-bond donors (Lipinski definition) is 0. The molecule has 6 rings (SSSR count). The molecule has 1 fully saturated rings. The summed E-state index contributed by atoms with van der Waals surface area (Å²) in [4.78, 5) is 17.8. The van der Waals surface area contributed by atoms with Gasteiger partial charge in [0, 0.05) is 67.7 Å². The average molecular weight is 595 g/mol. The highest BCUT2D eigenvalue weighted by Gasteiger charge is 2.24. The SMILES string of the molecule is CC.CC.CC(C)(C)OC(=O)N1CCCC1.Cn1cc2ccc(-c3cnc4c(ccn4C)c3-c3ccc(C#N)cc3)cc2n1. The van der Waals surface area contributed by atoms with Crippen LogP contribution in [0, 0.1) is 11.3 Å². The van der Waals surface area contributed by atoms with Gasteiger partial charge >= 0.3 is 6.09 Å². The number of rotatable bonds is 2. The van der Waals surface area contributed by atoms with Gasteiger partial charge in [-0.25, -0.2) is 9.78 Å². The van der Waals surface area contributed by atoms with Crippen molar-refractivity contribution < 1.29 is 9.53 Å². The maximum Gasteiger partial charge on any atom is 0.410 e. The molecule has 0 N–H and O–H groups in total. The Balaban J connectivity index is 0.000000279. The third kappa shape index (κ3) is 8.04. The number of aryl methyl sites for hydroxylation is 2. The van der Waals surface area contributed by atoms with Crippen LogP contribution in [0.5, 0.6) is 0 Å². The number of benzene rings is 2. The van der Waals surface area contributed by atoms with E-state index in [0.29, 0.717) is 5.56 Å². The van der Waals surface area contributed by atoms with Gasteiger partial charge in [-0.05, 0) is 69.0 Å². The highest BCUT2D eigenvalue weighted by molar-refractivity contribution is 6.02. The minimum atomic E-state index is -0.361. The van der Waals surface area contributed by atoms with Crippen molar-refractivity contribution in [3.63, 3.8) is 0 Å². The van der Waals surface area contributed by atoms with Crippen LogP contribution < -0.4 is 0 Å². The van der Waals surface area contributed by atoms with Crippen LogP contribution in [0.4, 0.5) is 4.79 Å². The predicted molar refractivity (Wildman–Crippen MR) is 180 cm³/mol. The van der Waals surface area contributed by atoms with Crippen molar-refractivity contribution in [3.8, 4) is 28.3 Å². The standard InChI is InChI=1S/C23H17N5.C9H17NO2.2C2H6/c1-27-10-9-19-22(16-5-3-15(12-24)4-6-16)20(13-25-23(19)27)17-7-8-18-14-28(2)26-21(18)11-17;1-9(2,3)12-8(11)10-6-4-5-7-10;2*1-2/h3-11,13-14H,1-2H3;4-7H2,1-3H3;2*1-2H3. The van der Waals surface area contributed by atoms with Crippen molar-refractivity contribution in [1.29, 1.82) is 5.26 Å². The predicted octanol–water partition coefficient (Wildman–Crippen LogP) is 8.74. The van der Waals surface area contributed by atoms with E-state index in [-0.39, 0.29) is 11.7 Å². The number of pyridine rings is 1. The average Bonchev–Trinajstić information content (AvgIpc) is 3.78. The van der Waals surface area contributed by atoms with E-state index < -0.39 is 0 Å². The van der Waals surface area contributed by atoms with E-state index in [0.717, 1.165) is 70.1 Å². The molecule has 0 aliphatic carbocycles. The summed E-state index contributed by atoms with van der Waals surface area (Å²) in [6.07, 6.45) is 8.02. The molecule has 1 aliphatic heterocycles. The largest absolute Gasteiger partial charge is 0.444 e. The maximum absolute atomic E-state index is 11.4. The van der Waals surface area contributed by atoms with E-state index in [1.807, 2.05) is 115 Å². The van der Waals surface area contributed by atoms with E-state index in [9.17, 15) is 4.79 Å². The summed E-state index contributed by atoms with van der Waals surface area (Å²) < 4.78 is 9.06. The Labute approximate surface area is 261 Å². The number of ether oxygens (including phenoxy) is 1. The van der Waals surface area contributed by atoms with Crippen molar-refractivity contribution in [2.24, 2.45) is 14.1 Å². The Morgan fingerprint density at radius 1 is 0.932 bits per heavy atom. The normalized spacial score (nSPS) is 12.3. The fraction of sp³-hybridized carbons (Fsp3) is 0.389. The van der Waals surface area contributed by atoms with Gasteiger partial charge in [0.1, 0.15) is 11.2 Å². The third-order valence-corrected chi connectivity index (χ3v) is 6.89. The number of nitriles is 1. The van der Waals surface area contributed by atoms with Crippen molar-refractivity contribution in [2.45, 2.75) is 66.9 Å². The Bertz CT molecular complexity index is 1710. The quantitative estimate of drug-likeness (QED) is 0.204. The van der Waals surface area contributed by atoms with E-state index in [1.165, 1.54) is 0 Å². The summed E-state index contributed by atoms with van der Waals surface area (Å²) in [7, 11) is 3.93. The van der Waals surface area contributed by atoms with Gasteiger partial charge in [-0.2, -0.15) is 10.4 Å². The number of amides is 1. The number of hydrogen-bond acceptors (Lipinski definition) is 5. The fourth-order valence-electron chi connectivity index (χ4n) is 4.99. The summed E-state index contributed by atoms with van der Waals surface area (Å²) in [5.41, 5.74) is 6.48. The third-order valence-electron chi connectivity index (χ3n) is 6.89. The minimum Gasteiger partial charge on any atom is -0.444 e. The molecular formula is C36H46N6O2. The molecule has 1 amide bonds. The number of carbonyl (C=O) groups excluding carboxylic acids is 1. The minimum absolute atomic E-state index is 0.167. The van der Waals surface area contributed by atoms with Crippen LogP contribution in [0.15, 0.2) is 67.1 Å². The molecular weight excluding hydrogens is 548 g/mol. The Kier molecular flexibility index (Phi) is 11.7. The van der Waals surface area contributed by atoms with Crippen LogP contribution in [0.3, 0.4) is 0 Å². The molecule has 1 saturated heterocycles. The molecule has 8 heteroatoms. The second kappa shape index (κ2) is 15.2. The molecule has 44 heavy (non-hydrogen) atoms. The van der Waals surface area contributed by atoms with Crippen LogP contribution in [-0.4, -0.2) is 49.0 Å². The molecule has 232 valence electrons. The molecule has 8 nitrogen and oxygen atoms in total. The first-order chi connectivity index (χ1) is 21.1.